The van der Waals surface area contributed by atoms with Crippen LogP contribution in [0.2, 0.25) is 0 Å². The van der Waals surface area contributed by atoms with Crippen LogP contribution in [0, 0.1) is 13.8 Å². The normalized spacial score (nSPS) is 11.0. The second-order valence-corrected chi connectivity index (χ2v) is 4.38. The largest absolute Gasteiger partial charge is 0.358 e. The molecular formula is C14H18N2O. The van der Waals surface area contributed by atoms with Gasteiger partial charge in [-0.2, -0.15) is 0 Å². The summed E-state index contributed by atoms with van der Waals surface area (Å²) < 4.78 is 0. The topological polar surface area (TPSA) is 44.9 Å². The van der Waals surface area contributed by atoms with Crippen molar-refractivity contribution in [1.29, 1.82) is 0 Å². The summed E-state index contributed by atoms with van der Waals surface area (Å²) in [5.41, 5.74) is 4.02. The van der Waals surface area contributed by atoms with Crippen molar-refractivity contribution in [3.63, 3.8) is 0 Å². The molecule has 0 amide bonds. The van der Waals surface area contributed by atoms with Crippen LogP contribution in [0.5, 0.6) is 0 Å². The highest BCUT2D eigenvalue weighted by atomic mass is 16.1. The van der Waals surface area contributed by atoms with Gasteiger partial charge >= 0.3 is 0 Å². The van der Waals surface area contributed by atoms with E-state index in [2.05, 4.69) is 23.3 Å². The molecular weight excluding hydrogens is 212 g/mol. The number of nitrogens with one attached hydrogen (secondary N) is 2. The van der Waals surface area contributed by atoms with Crippen molar-refractivity contribution in [3.05, 3.63) is 35.0 Å². The standard InChI is InChI=1S/C14H18N2O/c1-4-15-8-13(17)14-10(3)16-12-7-9(2)5-6-11(12)14/h5-7,15-16H,4,8H2,1-3H3. The smallest absolute Gasteiger partial charge is 0.179 e. The van der Waals surface area contributed by atoms with Crippen LogP contribution >= 0.6 is 0 Å². The Morgan fingerprint density at radius 3 is 2.82 bits per heavy atom. The zero-order chi connectivity index (χ0) is 12.4. The van der Waals surface area contributed by atoms with E-state index in [0.29, 0.717) is 6.54 Å². The Morgan fingerprint density at radius 2 is 2.12 bits per heavy atom. The quantitative estimate of drug-likeness (QED) is 0.793. The molecule has 0 radical (unpaired) electrons. The Balaban J connectivity index is 2.46. The molecule has 0 spiro atoms. The molecule has 0 saturated carbocycles. The summed E-state index contributed by atoms with van der Waals surface area (Å²) in [5, 5.41) is 4.10. The average molecular weight is 230 g/mol. The zero-order valence-electron chi connectivity index (χ0n) is 10.6. The number of ketones is 1. The van der Waals surface area contributed by atoms with E-state index in [4.69, 9.17) is 0 Å². The summed E-state index contributed by atoms with van der Waals surface area (Å²) in [7, 11) is 0. The fourth-order valence-corrected chi connectivity index (χ4v) is 2.13. The molecule has 2 rings (SSSR count). The first-order valence-corrected chi connectivity index (χ1v) is 5.96. The van der Waals surface area contributed by atoms with Gasteiger partial charge in [0.1, 0.15) is 0 Å². The van der Waals surface area contributed by atoms with Crippen LogP contribution in [0.4, 0.5) is 0 Å². The lowest BCUT2D eigenvalue weighted by Crippen LogP contribution is -2.22. The maximum absolute atomic E-state index is 12.1. The van der Waals surface area contributed by atoms with Gasteiger partial charge < -0.3 is 10.3 Å². The SMILES string of the molecule is CCNCC(=O)c1c(C)[nH]c2cc(C)ccc12. The number of H-pyrrole nitrogens is 1. The molecule has 1 heterocycles. The number of carbonyl (C=O) groups is 1. The number of carbonyl (C=O) groups excluding carboxylic acids is 1. The van der Waals surface area contributed by atoms with E-state index in [1.807, 2.05) is 26.0 Å². The number of rotatable bonds is 4. The van der Waals surface area contributed by atoms with Gasteiger partial charge in [0.15, 0.2) is 5.78 Å². The number of aromatic nitrogens is 1. The Morgan fingerprint density at radius 1 is 1.35 bits per heavy atom. The number of aryl methyl sites for hydroxylation is 2. The van der Waals surface area contributed by atoms with Gasteiger partial charge in [-0.25, -0.2) is 0 Å². The summed E-state index contributed by atoms with van der Waals surface area (Å²) >= 11 is 0. The van der Waals surface area contributed by atoms with Gasteiger partial charge in [0, 0.05) is 22.2 Å². The van der Waals surface area contributed by atoms with Crippen LogP contribution in [0.15, 0.2) is 18.2 Å². The Bertz CT molecular complexity index is 555. The lowest BCUT2D eigenvalue weighted by molar-refractivity contribution is 0.0993. The van der Waals surface area contributed by atoms with E-state index < -0.39 is 0 Å². The Hall–Kier alpha value is -1.61. The van der Waals surface area contributed by atoms with E-state index in [1.165, 1.54) is 5.56 Å². The molecule has 0 bridgehead atoms. The van der Waals surface area contributed by atoms with Crippen molar-refractivity contribution in [2.75, 3.05) is 13.1 Å². The van der Waals surface area contributed by atoms with Gasteiger partial charge in [0.05, 0.1) is 6.54 Å². The lowest BCUT2D eigenvalue weighted by atomic mass is 10.1. The zero-order valence-corrected chi connectivity index (χ0v) is 10.6. The van der Waals surface area contributed by atoms with Gasteiger partial charge in [0.25, 0.3) is 0 Å². The van der Waals surface area contributed by atoms with Crippen molar-refractivity contribution >= 4 is 16.7 Å². The highest BCUT2D eigenvalue weighted by Gasteiger charge is 2.15. The van der Waals surface area contributed by atoms with E-state index in [1.54, 1.807) is 0 Å². The van der Waals surface area contributed by atoms with E-state index >= 15 is 0 Å². The molecule has 0 fully saturated rings. The number of fused-ring (bicyclic) bond motifs is 1. The molecule has 90 valence electrons. The summed E-state index contributed by atoms with van der Waals surface area (Å²) in [6, 6.07) is 6.14. The minimum atomic E-state index is 0.152. The van der Waals surface area contributed by atoms with Crippen LogP contribution in [0.3, 0.4) is 0 Å². The second-order valence-electron chi connectivity index (χ2n) is 4.38. The average Bonchev–Trinajstić information content (AvgIpc) is 2.61. The molecule has 17 heavy (non-hydrogen) atoms. The molecule has 3 heteroatoms. The van der Waals surface area contributed by atoms with Crippen molar-refractivity contribution in [3.8, 4) is 0 Å². The highest BCUT2D eigenvalue weighted by Crippen LogP contribution is 2.23. The fourth-order valence-electron chi connectivity index (χ4n) is 2.13. The summed E-state index contributed by atoms with van der Waals surface area (Å²) in [6.45, 7) is 7.22. The minimum absolute atomic E-state index is 0.152. The van der Waals surface area contributed by atoms with Crippen LogP contribution < -0.4 is 5.32 Å². The molecule has 2 N–H and O–H groups in total. The molecule has 1 aromatic carbocycles. The van der Waals surface area contributed by atoms with Crippen molar-refractivity contribution in [2.45, 2.75) is 20.8 Å². The number of Topliss-reactive ketones (excluding diaryl/α,β-unsaturated/α-hetero) is 1. The van der Waals surface area contributed by atoms with Crippen molar-refractivity contribution < 1.29 is 4.79 Å². The number of likely N-dealkylation sites (N-methyl/N-ethyl adjacent to an activating group) is 1. The Labute approximate surface area is 101 Å². The molecule has 2 aromatic rings. The maximum Gasteiger partial charge on any atom is 0.179 e. The summed E-state index contributed by atoms with van der Waals surface area (Å²) in [6.07, 6.45) is 0. The molecule has 0 atom stereocenters. The van der Waals surface area contributed by atoms with Crippen LogP contribution in [0.1, 0.15) is 28.5 Å². The third kappa shape index (κ3) is 2.24. The van der Waals surface area contributed by atoms with Gasteiger partial charge in [-0.15, -0.1) is 0 Å². The predicted octanol–water partition coefficient (Wildman–Crippen LogP) is 2.58. The molecule has 0 saturated heterocycles. The maximum atomic E-state index is 12.1. The molecule has 0 aliphatic heterocycles. The van der Waals surface area contributed by atoms with Crippen LogP contribution in [0.25, 0.3) is 10.9 Å². The third-order valence-electron chi connectivity index (χ3n) is 2.96. The molecule has 0 aliphatic rings. The van der Waals surface area contributed by atoms with E-state index in [0.717, 1.165) is 28.7 Å². The minimum Gasteiger partial charge on any atom is -0.358 e. The van der Waals surface area contributed by atoms with Crippen LogP contribution in [-0.2, 0) is 0 Å². The molecule has 0 unspecified atom stereocenters. The summed E-state index contributed by atoms with van der Waals surface area (Å²) in [5.74, 6) is 0.152. The second kappa shape index (κ2) is 4.72. The molecule has 3 nitrogen and oxygen atoms in total. The number of hydrogen-bond donors (Lipinski definition) is 2. The lowest BCUT2D eigenvalue weighted by Gasteiger charge is -2.02. The highest BCUT2D eigenvalue weighted by molar-refractivity contribution is 6.10. The Kier molecular flexibility index (Phi) is 3.29. The van der Waals surface area contributed by atoms with Gasteiger partial charge in [-0.05, 0) is 32.0 Å². The van der Waals surface area contributed by atoms with Crippen molar-refractivity contribution in [2.24, 2.45) is 0 Å². The fraction of sp³-hybridized carbons (Fsp3) is 0.357. The van der Waals surface area contributed by atoms with Crippen LogP contribution in [-0.4, -0.2) is 23.9 Å². The molecule has 0 aliphatic carbocycles. The first-order chi connectivity index (χ1) is 8.13. The molecule has 1 aromatic heterocycles. The van der Waals surface area contributed by atoms with Gasteiger partial charge in [-0.1, -0.05) is 19.1 Å². The van der Waals surface area contributed by atoms with E-state index in [-0.39, 0.29) is 5.78 Å². The van der Waals surface area contributed by atoms with Gasteiger partial charge in [-0.3, -0.25) is 4.79 Å². The predicted molar refractivity (Wildman–Crippen MR) is 70.6 cm³/mol. The number of benzene rings is 1. The first-order valence-electron chi connectivity index (χ1n) is 5.96. The first kappa shape index (κ1) is 11.9. The number of hydrogen-bond acceptors (Lipinski definition) is 2. The monoisotopic (exact) mass is 230 g/mol. The third-order valence-corrected chi connectivity index (χ3v) is 2.96. The van der Waals surface area contributed by atoms with Crippen molar-refractivity contribution in [1.82, 2.24) is 10.3 Å². The summed E-state index contributed by atoms with van der Waals surface area (Å²) in [4.78, 5) is 15.4. The van der Waals surface area contributed by atoms with Gasteiger partial charge in [0.2, 0.25) is 0 Å². The number of aromatic amines is 1. The van der Waals surface area contributed by atoms with E-state index in [9.17, 15) is 4.79 Å².